The van der Waals surface area contributed by atoms with Crippen molar-refractivity contribution in [3.8, 4) is 0 Å². The molecule has 1 aliphatic rings. The number of rotatable bonds is 1. The third-order valence-electron chi connectivity index (χ3n) is 2.73. The van der Waals surface area contributed by atoms with Crippen LogP contribution in [0.5, 0.6) is 0 Å². The molecule has 0 spiro atoms. The zero-order valence-electron chi connectivity index (χ0n) is 8.56. The van der Waals surface area contributed by atoms with E-state index in [1.54, 1.807) is 0 Å². The molecule has 1 aromatic carbocycles. The Balaban J connectivity index is 0.00000112. The van der Waals surface area contributed by atoms with Crippen molar-refractivity contribution < 1.29 is 4.79 Å². The topological polar surface area (TPSA) is 46.3 Å². The summed E-state index contributed by atoms with van der Waals surface area (Å²) in [5.74, 6) is -0.284. The van der Waals surface area contributed by atoms with Crippen LogP contribution in [-0.2, 0) is 11.2 Å². The predicted molar refractivity (Wildman–Crippen MR) is 60.8 cm³/mol. The van der Waals surface area contributed by atoms with Crippen LogP contribution in [0.15, 0.2) is 18.2 Å². The van der Waals surface area contributed by atoms with Gasteiger partial charge in [-0.2, -0.15) is 0 Å². The van der Waals surface area contributed by atoms with Gasteiger partial charge in [0.1, 0.15) is 6.04 Å². The zero-order valence-corrected chi connectivity index (χ0v) is 9.38. The van der Waals surface area contributed by atoms with E-state index in [0.29, 0.717) is 0 Å². The largest absolute Gasteiger partial charge is 0.368 e. The summed E-state index contributed by atoms with van der Waals surface area (Å²) in [6.07, 6.45) is 0.976. The molecule has 0 aliphatic carbocycles. The summed E-state index contributed by atoms with van der Waals surface area (Å²) in [5.41, 5.74) is 7.60. The van der Waals surface area contributed by atoms with Crippen molar-refractivity contribution in [2.75, 3.05) is 13.6 Å². The first-order chi connectivity index (χ1) is 6.70. The van der Waals surface area contributed by atoms with Crippen LogP contribution in [0.1, 0.15) is 17.2 Å². The Morgan fingerprint density at radius 1 is 1.67 bits per heavy atom. The summed E-state index contributed by atoms with van der Waals surface area (Å²) in [5, 5.41) is 0. The van der Waals surface area contributed by atoms with Crippen molar-refractivity contribution in [2.24, 2.45) is 5.73 Å². The maximum Gasteiger partial charge on any atom is 0.239 e. The Kier molecular flexibility index (Phi) is 3.72. The second-order valence-corrected chi connectivity index (χ2v) is 3.66. The summed E-state index contributed by atoms with van der Waals surface area (Å²) in [7, 11) is 1.92. The quantitative estimate of drug-likeness (QED) is 0.773. The van der Waals surface area contributed by atoms with E-state index in [-0.39, 0.29) is 24.4 Å². The molecule has 15 heavy (non-hydrogen) atoms. The summed E-state index contributed by atoms with van der Waals surface area (Å²) < 4.78 is 0. The van der Waals surface area contributed by atoms with Crippen LogP contribution in [-0.4, -0.2) is 24.4 Å². The molecule has 0 fully saturated rings. The first-order valence-corrected chi connectivity index (χ1v) is 4.68. The summed E-state index contributed by atoms with van der Waals surface area (Å²) >= 11 is 0. The fourth-order valence-corrected chi connectivity index (χ4v) is 1.99. The van der Waals surface area contributed by atoms with Gasteiger partial charge < -0.3 is 5.73 Å². The SMILES string of the molecule is CN1CCc2cc[c]cc2C1C(N)=O.Cl. The van der Waals surface area contributed by atoms with Gasteiger partial charge >= 0.3 is 0 Å². The van der Waals surface area contributed by atoms with Gasteiger partial charge in [-0.15, -0.1) is 12.4 Å². The Morgan fingerprint density at radius 2 is 2.40 bits per heavy atom. The average molecular weight is 226 g/mol. The van der Waals surface area contributed by atoms with Gasteiger partial charge in [0, 0.05) is 6.54 Å². The standard InChI is InChI=1S/C11H13N2O.ClH/c1-13-7-6-8-4-2-3-5-9(8)10(13)11(12)14;/h2,4-5,10H,6-7H2,1H3,(H2,12,14);1H. The monoisotopic (exact) mass is 225 g/mol. The lowest BCUT2D eigenvalue weighted by molar-refractivity contribution is -0.123. The number of hydrogen-bond donors (Lipinski definition) is 1. The molecule has 0 aromatic heterocycles. The highest BCUT2D eigenvalue weighted by atomic mass is 35.5. The number of primary amides is 1. The number of hydrogen-bond acceptors (Lipinski definition) is 2. The Bertz CT molecular complexity index is 367. The lowest BCUT2D eigenvalue weighted by atomic mass is 9.93. The van der Waals surface area contributed by atoms with E-state index in [0.717, 1.165) is 18.5 Å². The molecule has 2 N–H and O–H groups in total. The van der Waals surface area contributed by atoms with E-state index in [1.165, 1.54) is 5.56 Å². The first kappa shape index (κ1) is 12.0. The normalized spacial score (nSPS) is 20.2. The molecular weight excluding hydrogens is 212 g/mol. The molecule has 1 aliphatic heterocycles. The minimum absolute atomic E-state index is 0. The van der Waals surface area contributed by atoms with E-state index in [4.69, 9.17) is 5.73 Å². The van der Waals surface area contributed by atoms with Crippen LogP contribution in [0.3, 0.4) is 0 Å². The van der Waals surface area contributed by atoms with Crippen molar-refractivity contribution >= 4 is 18.3 Å². The Morgan fingerprint density at radius 3 is 3.07 bits per heavy atom. The number of nitrogens with zero attached hydrogens (tertiary/aromatic N) is 1. The molecule has 4 heteroatoms. The molecule has 0 saturated carbocycles. The first-order valence-electron chi connectivity index (χ1n) is 4.68. The van der Waals surface area contributed by atoms with Gasteiger partial charge in [-0.3, -0.25) is 9.69 Å². The minimum Gasteiger partial charge on any atom is -0.368 e. The Hall–Kier alpha value is -1.06. The maximum atomic E-state index is 11.3. The molecule has 2 rings (SSSR count). The van der Waals surface area contributed by atoms with Crippen molar-refractivity contribution in [3.63, 3.8) is 0 Å². The van der Waals surface area contributed by atoms with Crippen LogP contribution < -0.4 is 5.73 Å². The molecule has 1 amide bonds. The van der Waals surface area contributed by atoms with Crippen LogP contribution in [0.25, 0.3) is 0 Å². The molecule has 1 unspecified atom stereocenters. The van der Waals surface area contributed by atoms with Gasteiger partial charge in [0.25, 0.3) is 0 Å². The number of likely N-dealkylation sites (N-methyl/N-ethyl adjacent to an activating group) is 1. The van der Waals surface area contributed by atoms with E-state index >= 15 is 0 Å². The third kappa shape index (κ3) is 2.13. The lowest BCUT2D eigenvalue weighted by Gasteiger charge is -2.32. The number of nitrogens with two attached hydrogens (primary N) is 1. The number of fused-ring (bicyclic) bond motifs is 1. The molecule has 1 radical (unpaired) electrons. The van der Waals surface area contributed by atoms with E-state index in [2.05, 4.69) is 6.07 Å². The number of carbonyl (C=O) groups is 1. The maximum absolute atomic E-state index is 11.3. The van der Waals surface area contributed by atoms with Crippen LogP contribution in [0.2, 0.25) is 0 Å². The molecule has 1 aromatic rings. The van der Waals surface area contributed by atoms with Crippen LogP contribution in [0, 0.1) is 6.07 Å². The molecule has 0 saturated heterocycles. The predicted octanol–water partition coefficient (Wildman–Crippen LogP) is 0.923. The second kappa shape index (κ2) is 4.64. The minimum atomic E-state index is -0.284. The summed E-state index contributed by atoms with van der Waals surface area (Å²) in [6.45, 7) is 0.880. The van der Waals surface area contributed by atoms with Gasteiger partial charge in [-0.1, -0.05) is 12.1 Å². The molecule has 1 atom stereocenters. The highest BCUT2D eigenvalue weighted by Gasteiger charge is 2.28. The van der Waals surface area contributed by atoms with Crippen molar-refractivity contribution in [2.45, 2.75) is 12.5 Å². The second-order valence-electron chi connectivity index (χ2n) is 3.66. The van der Waals surface area contributed by atoms with E-state index in [1.807, 2.05) is 30.1 Å². The third-order valence-corrected chi connectivity index (χ3v) is 2.73. The van der Waals surface area contributed by atoms with Crippen molar-refractivity contribution in [1.82, 2.24) is 4.90 Å². The Labute approximate surface area is 95.7 Å². The van der Waals surface area contributed by atoms with Crippen molar-refractivity contribution in [1.29, 1.82) is 0 Å². The fraction of sp³-hybridized carbons (Fsp3) is 0.364. The van der Waals surface area contributed by atoms with Gasteiger partial charge in [-0.05, 0) is 36.7 Å². The van der Waals surface area contributed by atoms with Crippen LogP contribution in [0.4, 0.5) is 0 Å². The number of carbonyl (C=O) groups excluding carboxylic acids is 1. The highest BCUT2D eigenvalue weighted by molar-refractivity contribution is 5.85. The van der Waals surface area contributed by atoms with E-state index < -0.39 is 0 Å². The van der Waals surface area contributed by atoms with E-state index in [9.17, 15) is 4.79 Å². The van der Waals surface area contributed by atoms with Crippen LogP contribution >= 0.6 is 12.4 Å². The molecule has 0 bridgehead atoms. The molecule has 1 heterocycles. The number of halogens is 1. The summed E-state index contributed by atoms with van der Waals surface area (Å²) in [4.78, 5) is 13.3. The smallest absolute Gasteiger partial charge is 0.239 e. The molecular formula is C11H14ClN2O. The fourth-order valence-electron chi connectivity index (χ4n) is 1.99. The van der Waals surface area contributed by atoms with Crippen molar-refractivity contribution in [3.05, 3.63) is 35.4 Å². The van der Waals surface area contributed by atoms with Gasteiger partial charge in [0.05, 0.1) is 0 Å². The number of amides is 1. The van der Waals surface area contributed by atoms with Gasteiger partial charge in [-0.25, -0.2) is 0 Å². The number of benzene rings is 1. The van der Waals surface area contributed by atoms with Gasteiger partial charge in [0.15, 0.2) is 0 Å². The zero-order chi connectivity index (χ0) is 10.1. The molecule has 3 nitrogen and oxygen atoms in total. The van der Waals surface area contributed by atoms with Gasteiger partial charge in [0.2, 0.25) is 5.91 Å². The highest BCUT2D eigenvalue weighted by Crippen LogP contribution is 2.27. The lowest BCUT2D eigenvalue weighted by Crippen LogP contribution is -2.40. The molecule has 81 valence electrons. The average Bonchev–Trinajstić information content (AvgIpc) is 2.17. The summed E-state index contributed by atoms with van der Waals surface area (Å²) in [6, 6.07) is 8.46.